The van der Waals surface area contributed by atoms with Crippen LogP contribution >= 0.6 is 0 Å². The van der Waals surface area contributed by atoms with E-state index in [1.54, 1.807) is 0 Å². The smallest absolute Gasteiger partial charge is 0.153 e. The third-order valence-electron chi connectivity index (χ3n) is 8.79. The third kappa shape index (κ3) is 2.70. The molecule has 4 heteroatoms. The van der Waals surface area contributed by atoms with E-state index in [-0.39, 0.29) is 18.1 Å². The third-order valence-corrected chi connectivity index (χ3v) is 8.79. The molecule has 2 aliphatic rings. The number of carbonyl (C=O) groups is 1. The highest BCUT2D eigenvalue weighted by Gasteiger charge is 2.66. The van der Waals surface area contributed by atoms with Crippen LogP contribution in [0.1, 0.15) is 45.8 Å². The van der Waals surface area contributed by atoms with Crippen molar-refractivity contribution in [2.24, 2.45) is 18.4 Å². The Balaban J connectivity index is 1.78. The van der Waals surface area contributed by atoms with Crippen LogP contribution in [0, 0.1) is 47.8 Å². The Morgan fingerprint density at radius 3 is 1.97 bits per heavy atom. The minimum Gasteiger partial charge on any atom is -0.347 e. The number of nitriles is 2. The van der Waals surface area contributed by atoms with E-state index in [0.29, 0.717) is 6.42 Å². The quantitative estimate of drug-likeness (QED) is 0.359. The van der Waals surface area contributed by atoms with Crippen molar-refractivity contribution in [3.63, 3.8) is 0 Å². The fraction of sp³-hybridized carbons (Fsp3) is 0.281. The predicted octanol–water partition coefficient (Wildman–Crippen LogP) is 6.04. The molecule has 0 bridgehead atoms. The van der Waals surface area contributed by atoms with Gasteiger partial charge in [0.2, 0.25) is 0 Å². The number of ketones is 1. The molecule has 0 N–H and O–H groups in total. The van der Waals surface area contributed by atoms with E-state index in [1.165, 1.54) is 0 Å². The van der Waals surface area contributed by atoms with E-state index in [1.807, 2.05) is 33.0 Å². The topological polar surface area (TPSA) is 69.6 Å². The second-order valence-electron chi connectivity index (χ2n) is 10.6. The fourth-order valence-corrected chi connectivity index (χ4v) is 7.01. The van der Waals surface area contributed by atoms with E-state index in [9.17, 15) is 15.3 Å². The van der Waals surface area contributed by atoms with Crippen LogP contribution in [0.3, 0.4) is 0 Å². The number of nitrogens with zero attached hydrogens (tertiary/aromatic N) is 3. The zero-order chi connectivity index (χ0) is 25.2. The number of aryl methyl sites for hydroxylation is 3. The molecule has 2 atom stereocenters. The van der Waals surface area contributed by atoms with E-state index >= 15 is 0 Å². The maximum absolute atomic E-state index is 14.5. The first-order chi connectivity index (χ1) is 17.4. The molecule has 36 heavy (non-hydrogen) atoms. The second-order valence-corrected chi connectivity index (χ2v) is 10.6. The Morgan fingerprint density at radius 2 is 1.42 bits per heavy atom. The van der Waals surface area contributed by atoms with E-state index in [2.05, 4.69) is 77.4 Å². The van der Waals surface area contributed by atoms with E-state index in [0.717, 1.165) is 44.4 Å². The first-order valence-corrected chi connectivity index (χ1v) is 12.4. The van der Waals surface area contributed by atoms with E-state index in [4.69, 9.17) is 0 Å². The molecule has 1 unspecified atom stereocenters. The minimum absolute atomic E-state index is 0.0841. The number of aromatic nitrogens is 1. The van der Waals surface area contributed by atoms with Gasteiger partial charge in [0.05, 0.1) is 17.6 Å². The maximum atomic E-state index is 14.5. The van der Waals surface area contributed by atoms with Crippen molar-refractivity contribution in [1.29, 1.82) is 10.5 Å². The molecule has 1 saturated carbocycles. The number of rotatable bonds is 2. The predicted molar refractivity (Wildman–Crippen MR) is 139 cm³/mol. The van der Waals surface area contributed by atoms with Crippen molar-refractivity contribution < 1.29 is 4.79 Å². The molecule has 176 valence electrons. The zero-order valence-electron chi connectivity index (χ0n) is 20.7. The second kappa shape index (κ2) is 7.67. The summed E-state index contributed by atoms with van der Waals surface area (Å²) in [5.74, 6) is -0.647. The molecule has 4 nitrogen and oxygen atoms in total. The number of para-hydroxylation sites is 1. The number of fused-ring (bicyclic) bond motifs is 5. The number of hydrogen-bond donors (Lipinski definition) is 0. The van der Waals surface area contributed by atoms with Crippen LogP contribution in [0.4, 0.5) is 0 Å². The van der Waals surface area contributed by atoms with Crippen LogP contribution in [-0.2, 0) is 23.7 Å². The monoisotopic (exact) mass is 469 g/mol. The van der Waals surface area contributed by atoms with Gasteiger partial charge in [-0.25, -0.2) is 0 Å². The molecule has 1 fully saturated rings. The summed E-state index contributed by atoms with van der Waals surface area (Å²) >= 11 is 0. The van der Waals surface area contributed by atoms with Crippen molar-refractivity contribution in [1.82, 2.24) is 4.57 Å². The summed E-state index contributed by atoms with van der Waals surface area (Å²) in [5.41, 5.74) is 5.02. The van der Waals surface area contributed by atoms with Crippen LogP contribution < -0.4 is 0 Å². The lowest BCUT2D eigenvalue weighted by molar-refractivity contribution is -0.121. The highest BCUT2D eigenvalue weighted by atomic mass is 16.1. The first-order valence-electron chi connectivity index (χ1n) is 12.4. The number of benzene rings is 3. The molecule has 0 radical (unpaired) electrons. The highest BCUT2D eigenvalue weighted by Crippen LogP contribution is 2.64. The van der Waals surface area contributed by atoms with Gasteiger partial charge in [-0.2, -0.15) is 10.5 Å². The standard InChI is InChI=1S/C32H27N3O/c1-20-8-12-22(13-9-20)32(23-14-10-21(2)11-15-23)28(36)16-25-30(32)29-24-6-4-5-7-26(24)35(3)27(29)17-31(25,18-33)19-34/h4-15,25,30H,16-17H2,1-3H3/t25-,30?/m0/s1. The number of hydrogen-bond acceptors (Lipinski definition) is 3. The molecule has 0 aliphatic heterocycles. The number of carbonyl (C=O) groups excluding carboxylic acids is 1. The summed E-state index contributed by atoms with van der Waals surface area (Å²) in [4.78, 5) is 14.5. The molecule has 3 aromatic carbocycles. The van der Waals surface area contributed by atoms with Crippen molar-refractivity contribution in [2.75, 3.05) is 0 Å². The molecule has 1 heterocycles. The van der Waals surface area contributed by atoms with Gasteiger partial charge in [-0.05, 0) is 36.6 Å². The van der Waals surface area contributed by atoms with Crippen molar-refractivity contribution in [3.8, 4) is 12.1 Å². The molecule has 0 saturated heterocycles. The lowest BCUT2D eigenvalue weighted by atomic mass is 9.55. The Labute approximate surface area is 211 Å². The summed E-state index contributed by atoms with van der Waals surface area (Å²) < 4.78 is 2.13. The van der Waals surface area contributed by atoms with Gasteiger partial charge in [-0.15, -0.1) is 0 Å². The Kier molecular flexibility index (Phi) is 4.76. The Bertz CT molecular complexity index is 1550. The summed E-state index contributed by atoms with van der Waals surface area (Å²) in [5, 5.41) is 22.0. The average Bonchev–Trinajstić information content (AvgIpc) is 3.36. The van der Waals surface area contributed by atoms with Gasteiger partial charge in [0.25, 0.3) is 0 Å². The van der Waals surface area contributed by atoms with E-state index < -0.39 is 16.7 Å². The average molecular weight is 470 g/mol. The van der Waals surface area contributed by atoms with Gasteiger partial charge in [0.1, 0.15) is 5.78 Å². The molecule has 0 spiro atoms. The van der Waals surface area contributed by atoms with Gasteiger partial charge in [-0.3, -0.25) is 4.79 Å². The maximum Gasteiger partial charge on any atom is 0.153 e. The lowest BCUT2D eigenvalue weighted by Crippen LogP contribution is -2.44. The van der Waals surface area contributed by atoms with Crippen molar-refractivity contribution in [3.05, 3.63) is 106 Å². The largest absolute Gasteiger partial charge is 0.347 e. The van der Waals surface area contributed by atoms with Crippen LogP contribution in [0.5, 0.6) is 0 Å². The molecular weight excluding hydrogens is 442 g/mol. The van der Waals surface area contributed by atoms with Crippen LogP contribution in [0.2, 0.25) is 0 Å². The van der Waals surface area contributed by atoms with Crippen molar-refractivity contribution in [2.45, 2.75) is 38.0 Å². The highest BCUT2D eigenvalue weighted by molar-refractivity contribution is 6.00. The number of Topliss-reactive ketones (excluding diaryl/α,β-unsaturated/α-hetero) is 1. The van der Waals surface area contributed by atoms with Crippen LogP contribution in [-0.4, -0.2) is 10.4 Å². The summed E-state index contributed by atoms with van der Waals surface area (Å²) in [7, 11) is 2.01. The van der Waals surface area contributed by atoms with Crippen molar-refractivity contribution >= 4 is 16.7 Å². The van der Waals surface area contributed by atoms with Gasteiger partial charge < -0.3 is 4.57 Å². The lowest BCUT2D eigenvalue weighted by Gasteiger charge is -2.43. The molecule has 4 aromatic rings. The molecular formula is C32H27N3O. The van der Waals surface area contributed by atoms with Crippen LogP contribution in [0.25, 0.3) is 10.9 Å². The molecule has 0 amide bonds. The molecule has 2 aliphatic carbocycles. The first kappa shape index (κ1) is 22.3. The zero-order valence-corrected chi connectivity index (χ0v) is 20.7. The van der Waals surface area contributed by atoms with Crippen LogP contribution in [0.15, 0.2) is 72.8 Å². The van der Waals surface area contributed by atoms with Gasteiger partial charge >= 0.3 is 0 Å². The SMILES string of the molecule is Cc1ccc(C2(c3ccc(C)cc3)C(=O)C[C@H]3C2c2c(n(C)c4ccccc24)CC3(C#N)C#N)cc1. The normalized spacial score (nSPS) is 21.4. The minimum atomic E-state index is -1.27. The summed E-state index contributed by atoms with van der Waals surface area (Å²) in [6, 6.07) is 29.5. The molecule has 6 rings (SSSR count). The van der Waals surface area contributed by atoms with Gasteiger partial charge in [0.15, 0.2) is 5.41 Å². The summed E-state index contributed by atoms with van der Waals surface area (Å²) in [6.07, 6.45) is 0.531. The van der Waals surface area contributed by atoms with Gasteiger partial charge in [0, 0.05) is 48.3 Å². The van der Waals surface area contributed by atoms with Gasteiger partial charge in [-0.1, -0.05) is 77.9 Å². The summed E-state index contributed by atoms with van der Waals surface area (Å²) in [6.45, 7) is 4.09. The Hall–Kier alpha value is -4.15. The molecule has 1 aromatic heterocycles. The fourth-order valence-electron chi connectivity index (χ4n) is 7.01. The Morgan fingerprint density at radius 1 is 0.861 bits per heavy atom.